The average Bonchev–Trinajstić information content (AvgIpc) is 2.97. The summed E-state index contributed by atoms with van der Waals surface area (Å²) >= 11 is 0. The maximum Gasteiger partial charge on any atom is 0.323 e. The summed E-state index contributed by atoms with van der Waals surface area (Å²) in [5.74, 6) is 0.555. The summed E-state index contributed by atoms with van der Waals surface area (Å²) in [7, 11) is 2.06. The molecule has 1 heterocycles. The quantitative estimate of drug-likeness (QED) is 0.395. The van der Waals surface area contributed by atoms with Gasteiger partial charge in [-0.25, -0.2) is 4.79 Å². The number of amides is 3. The number of ether oxygens (including phenoxy) is 1. The SMILES string of the molecule is C[C@H](CO)N1C[C@H](C)[C@@H](CN(C)Cc2ccccc2)Oc2ccc(NC(=O)Nc3ccccc3)cc2CC1=O. The van der Waals surface area contributed by atoms with Gasteiger partial charge in [0.25, 0.3) is 0 Å². The van der Waals surface area contributed by atoms with E-state index in [1.807, 2.05) is 61.5 Å². The molecule has 3 amide bonds. The van der Waals surface area contributed by atoms with Crippen molar-refractivity contribution in [2.24, 2.45) is 5.92 Å². The molecule has 1 aliphatic rings. The van der Waals surface area contributed by atoms with Crippen molar-refractivity contribution >= 4 is 23.3 Å². The lowest BCUT2D eigenvalue weighted by Gasteiger charge is -2.34. The highest BCUT2D eigenvalue weighted by Crippen LogP contribution is 2.29. The molecule has 0 saturated heterocycles. The van der Waals surface area contributed by atoms with Gasteiger partial charge in [-0.3, -0.25) is 9.69 Å². The van der Waals surface area contributed by atoms with Gasteiger partial charge >= 0.3 is 6.03 Å². The molecule has 3 aromatic carbocycles. The summed E-state index contributed by atoms with van der Waals surface area (Å²) in [4.78, 5) is 30.0. The number of nitrogens with one attached hydrogen (secondary N) is 2. The first-order valence-electron chi connectivity index (χ1n) is 13.4. The molecule has 39 heavy (non-hydrogen) atoms. The van der Waals surface area contributed by atoms with Gasteiger partial charge in [0, 0.05) is 42.5 Å². The van der Waals surface area contributed by atoms with E-state index in [0.717, 1.165) is 6.54 Å². The van der Waals surface area contributed by atoms with Crippen LogP contribution in [0.1, 0.15) is 25.0 Å². The number of carbonyl (C=O) groups excluding carboxylic acids is 2. The molecular formula is C31H38N4O4. The van der Waals surface area contributed by atoms with Gasteiger partial charge in [0.05, 0.1) is 19.1 Å². The number of nitrogens with zero attached hydrogens (tertiary/aromatic N) is 2. The number of hydrogen-bond acceptors (Lipinski definition) is 5. The summed E-state index contributed by atoms with van der Waals surface area (Å²) in [6.07, 6.45) is -0.0913. The number of rotatable bonds is 8. The minimum atomic E-state index is -0.374. The average molecular weight is 531 g/mol. The first kappa shape index (κ1) is 28.1. The second-order valence-electron chi connectivity index (χ2n) is 10.3. The summed E-state index contributed by atoms with van der Waals surface area (Å²) in [5, 5.41) is 15.5. The normalized spacial score (nSPS) is 18.3. The summed E-state index contributed by atoms with van der Waals surface area (Å²) in [6, 6.07) is 24.2. The van der Waals surface area contributed by atoms with Crippen molar-refractivity contribution in [1.82, 2.24) is 9.80 Å². The summed E-state index contributed by atoms with van der Waals surface area (Å²) in [5.41, 5.74) is 3.15. The standard InChI is InChI=1S/C31H38N4O4/c1-22-18-35(23(2)21-36)30(37)17-25-16-27(33-31(38)32-26-12-8-5-9-13-26)14-15-28(25)39-29(22)20-34(3)19-24-10-6-4-7-11-24/h4-16,22-23,29,36H,17-21H2,1-3H3,(H2,32,33,38)/t22-,23+,29+/m0/s1. The van der Waals surface area contributed by atoms with Crippen LogP contribution < -0.4 is 15.4 Å². The number of benzene rings is 3. The highest BCUT2D eigenvalue weighted by Gasteiger charge is 2.31. The van der Waals surface area contributed by atoms with E-state index >= 15 is 0 Å². The Labute approximate surface area is 230 Å². The lowest BCUT2D eigenvalue weighted by molar-refractivity contribution is -0.134. The first-order chi connectivity index (χ1) is 18.8. The molecule has 0 aliphatic carbocycles. The van der Waals surface area contributed by atoms with E-state index in [9.17, 15) is 14.7 Å². The van der Waals surface area contributed by atoms with Gasteiger partial charge in [0.1, 0.15) is 11.9 Å². The summed E-state index contributed by atoms with van der Waals surface area (Å²) < 4.78 is 6.59. The van der Waals surface area contributed by atoms with E-state index in [1.165, 1.54) is 5.56 Å². The van der Waals surface area contributed by atoms with Crippen molar-refractivity contribution < 1.29 is 19.4 Å². The number of hydrogen-bond donors (Lipinski definition) is 3. The fourth-order valence-corrected chi connectivity index (χ4v) is 4.81. The van der Waals surface area contributed by atoms with Crippen LogP contribution in [0.4, 0.5) is 16.2 Å². The van der Waals surface area contributed by atoms with Gasteiger partial charge in [-0.15, -0.1) is 0 Å². The molecule has 0 saturated carbocycles. The summed E-state index contributed by atoms with van der Waals surface area (Å²) in [6.45, 7) is 5.72. The van der Waals surface area contributed by atoms with Crippen molar-refractivity contribution in [1.29, 1.82) is 0 Å². The van der Waals surface area contributed by atoms with E-state index in [0.29, 0.717) is 35.8 Å². The van der Waals surface area contributed by atoms with Crippen LogP contribution in [0.5, 0.6) is 5.75 Å². The molecule has 8 heteroatoms. The predicted molar refractivity (Wildman–Crippen MR) is 154 cm³/mol. The van der Waals surface area contributed by atoms with Gasteiger partial charge in [0.2, 0.25) is 5.91 Å². The van der Waals surface area contributed by atoms with Crippen LogP contribution in [-0.4, -0.2) is 65.7 Å². The van der Waals surface area contributed by atoms with E-state index in [4.69, 9.17) is 4.74 Å². The lowest BCUT2D eigenvalue weighted by atomic mass is 10.0. The number of likely N-dealkylation sites (N-methyl/N-ethyl adjacent to an activating group) is 1. The Morgan fingerprint density at radius 2 is 1.72 bits per heavy atom. The van der Waals surface area contributed by atoms with Crippen LogP contribution in [0.2, 0.25) is 0 Å². The van der Waals surface area contributed by atoms with E-state index < -0.39 is 0 Å². The molecule has 0 fully saturated rings. The van der Waals surface area contributed by atoms with Gasteiger partial charge in [0.15, 0.2) is 0 Å². The monoisotopic (exact) mass is 530 g/mol. The lowest BCUT2D eigenvalue weighted by Crippen LogP contribution is -2.47. The van der Waals surface area contributed by atoms with Gasteiger partial charge in [-0.05, 0) is 49.9 Å². The molecule has 3 N–H and O–H groups in total. The van der Waals surface area contributed by atoms with Crippen LogP contribution in [0.3, 0.4) is 0 Å². The first-order valence-corrected chi connectivity index (χ1v) is 13.4. The molecule has 4 rings (SSSR count). The van der Waals surface area contributed by atoms with Crippen molar-refractivity contribution in [3.8, 4) is 5.75 Å². The van der Waals surface area contributed by atoms with Crippen LogP contribution in [-0.2, 0) is 17.8 Å². The number of para-hydroxylation sites is 1. The fourth-order valence-electron chi connectivity index (χ4n) is 4.81. The Bertz CT molecular complexity index is 1240. The van der Waals surface area contributed by atoms with Gasteiger partial charge < -0.3 is 25.4 Å². The van der Waals surface area contributed by atoms with E-state index in [1.54, 1.807) is 17.0 Å². The Kier molecular flexibility index (Phi) is 9.57. The number of anilines is 2. The van der Waals surface area contributed by atoms with Gasteiger partial charge in [-0.1, -0.05) is 55.5 Å². The Morgan fingerprint density at radius 1 is 1.05 bits per heavy atom. The molecule has 3 atom stereocenters. The molecule has 0 aromatic heterocycles. The zero-order valence-electron chi connectivity index (χ0n) is 22.8. The molecule has 0 spiro atoms. The van der Waals surface area contributed by atoms with Crippen molar-refractivity contribution in [3.05, 3.63) is 90.0 Å². The minimum absolute atomic E-state index is 0.0153. The molecule has 0 bridgehead atoms. The van der Waals surface area contributed by atoms with Crippen molar-refractivity contribution in [2.45, 2.75) is 39.0 Å². The fraction of sp³-hybridized carbons (Fsp3) is 0.355. The largest absolute Gasteiger partial charge is 0.488 e. The van der Waals surface area contributed by atoms with Crippen LogP contribution in [0.15, 0.2) is 78.9 Å². The van der Waals surface area contributed by atoms with Crippen LogP contribution >= 0.6 is 0 Å². The second kappa shape index (κ2) is 13.3. The zero-order valence-corrected chi connectivity index (χ0v) is 22.8. The third-order valence-electron chi connectivity index (χ3n) is 6.99. The van der Waals surface area contributed by atoms with E-state index in [-0.39, 0.29) is 43.0 Å². The zero-order chi connectivity index (χ0) is 27.8. The second-order valence-corrected chi connectivity index (χ2v) is 10.3. The van der Waals surface area contributed by atoms with Crippen LogP contribution in [0, 0.1) is 5.92 Å². The topological polar surface area (TPSA) is 94.1 Å². The maximum atomic E-state index is 13.4. The number of urea groups is 1. The maximum absolute atomic E-state index is 13.4. The molecule has 206 valence electrons. The molecule has 3 aromatic rings. The van der Waals surface area contributed by atoms with Crippen molar-refractivity contribution in [2.75, 3.05) is 37.4 Å². The highest BCUT2D eigenvalue weighted by molar-refractivity contribution is 5.99. The Hall–Kier alpha value is -3.88. The molecule has 8 nitrogen and oxygen atoms in total. The Morgan fingerprint density at radius 3 is 2.41 bits per heavy atom. The minimum Gasteiger partial charge on any atom is -0.488 e. The van der Waals surface area contributed by atoms with E-state index in [2.05, 4.69) is 41.6 Å². The number of aliphatic hydroxyl groups is 1. The molecule has 1 aliphatic heterocycles. The predicted octanol–water partition coefficient (Wildman–Crippen LogP) is 4.61. The number of carbonyl (C=O) groups is 2. The highest BCUT2D eigenvalue weighted by atomic mass is 16.5. The van der Waals surface area contributed by atoms with Crippen molar-refractivity contribution in [3.63, 3.8) is 0 Å². The van der Waals surface area contributed by atoms with Gasteiger partial charge in [-0.2, -0.15) is 0 Å². The number of fused-ring (bicyclic) bond motifs is 1. The Balaban J connectivity index is 1.56. The molecule has 0 radical (unpaired) electrons. The third-order valence-corrected chi connectivity index (χ3v) is 6.99. The molecular weight excluding hydrogens is 492 g/mol. The smallest absolute Gasteiger partial charge is 0.323 e. The molecule has 0 unspecified atom stereocenters. The number of aliphatic hydroxyl groups excluding tert-OH is 1. The third kappa shape index (κ3) is 7.81. The van der Waals surface area contributed by atoms with Crippen LogP contribution in [0.25, 0.3) is 0 Å².